The molecule has 9 nitrogen and oxygen atoms in total. The van der Waals surface area contributed by atoms with Gasteiger partial charge in [-0.15, -0.1) is 0 Å². The van der Waals surface area contributed by atoms with Gasteiger partial charge in [0.1, 0.15) is 6.04 Å². The average molecular weight is 337 g/mol. The maximum absolute atomic E-state index is 11.8. The second kappa shape index (κ2) is 8.61. The normalized spacial score (nSPS) is 11.6. The quantitative estimate of drug-likeness (QED) is 0.476. The fraction of sp³-hybridized carbons (Fsp3) is 0.400. The van der Waals surface area contributed by atoms with Crippen molar-refractivity contribution in [1.82, 2.24) is 10.6 Å². The van der Waals surface area contributed by atoms with E-state index in [0.717, 1.165) is 0 Å². The van der Waals surface area contributed by atoms with Crippen molar-refractivity contribution in [3.63, 3.8) is 0 Å². The lowest BCUT2D eigenvalue weighted by atomic mass is 10.0. The molecule has 130 valence electrons. The number of nitro groups is 1. The molecule has 9 heteroatoms. The molecule has 0 saturated heterocycles. The highest BCUT2D eigenvalue weighted by Gasteiger charge is 2.23. The summed E-state index contributed by atoms with van der Waals surface area (Å²) in [6.45, 7) is 3.37. The molecule has 0 aliphatic carbocycles. The maximum atomic E-state index is 11.8. The fourth-order valence-corrected chi connectivity index (χ4v) is 1.89. The van der Waals surface area contributed by atoms with Crippen molar-refractivity contribution in [2.24, 2.45) is 5.92 Å². The van der Waals surface area contributed by atoms with Gasteiger partial charge in [0.25, 0.3) is 11.6 Å². The number of carbonyl (C=O) groups is 3. The van der Waals surface area contributed by atoms with E-state index in [9.17, 15) is 24.5 Å². The number of carboxylic acids is 1. The number of carboxylic acid groups (broad SMARTS) is 1. The first kappa shape index (κ1) is 19.1. The van der Waals surface area contributed by atoms with Gasteiger partial charge < -0.3 is 15.7 Å². The summed E-state index contributed by atoms with van der Waals surface area (Å²) in [7, 11) is 0. The number of hydrogen-bond acceptors (Lipinski definition) is 5. The second-order valence-electron chi connectivity index (χ2n) is 5.44. The summed E-state index contributed by atoms with van der Waals surface area (Å²) in [6, 6.07) is 4.06. The first-order valence-corrected chi connectivity index (χ1v) is 7.27. The molecule has 0 radical (unpaired) electrons. The van der Waals surface area contributed by atoms with Crippen LogP contribution in [0.3, 0.4) is 0 Å². The summed E-state index contributed by atoms with van der Waals surface area (Å²) < 4.78 is 0. The molecule has 1 atom stereocenters. The van der Waals surface area contributed by atoms with Gasteiger partial charge in [0.05, 0.1) is 4.92 Å². The lowest BCUT2D eigenvalue weighted by Crippen LogP contribution is -2.45. The molecule has 0 aliphatic heterocycles. The Bertz CT molecular complexity index is 627. The zero-order chi connectivity index (χ0) is 18.3. The summed E-state index contributed by atoms with van der Waals surface area (Å²) in [5.41, 5.74) is 0.103. The monoisotopic (exact) mass is 337 g/mol. The largest absolute Gasteiger partial charge is 0.480 e. The number of rotatable bonds is 8. The summed E-state index contributed by atoms with van der Waals surface area (Å²) in [5.74, 6) is -2.34. The maximum Gasteiger partial charge on any atom is 0.326 e. The van der Waals surface area contributed by atoms with Gasteiger partial charge in [-0.25, -0.2) is 4.79 Å². The third kappa shape index (κ3) is 5.67. The molecule has 2 amide bonds. The van der Waals surface area contributed by atoms with Crippen LogP contribution >= 0.6 is 0 Å². The van der Waals surface area contributed by atoms with E-state index >= 15 is 0 Å². The predicted molar refractivity (Wildman–Crippen MR) is 84.5 cm³/mol. The van der Waals surface area contributed by atoms with E-state index in [-0.39, 0.29) is 30.1 Å². The standard InChI is InChI=1S/C15H19N3O6/c1-9(2)13(15(21)22)17-12(19)7-8-16-14(20)10-3-5-11(6-4-10)18(23)24/h3-6,9,13H,7-8H2,1-2H3,(H,16,20)(H,17,19)(H,21,22)/t13-/m1/s1. The van der Waals surface area contributed by atoms with E-state index in [1.165, 1.54) is 24.3 Å². The highest BCUT2D eigenvalue weighted by Crippen LogP contribution is 2.11. The van der Waals surface area contributed by atoms with Gasteiger partial charge in [-0.05, 0) is 18.1 Å². The van der Waals surface area contributed by atoms with E-state index in [4.69, 9.17) is 5.11 Å². The van der Waals surface area contributed by atoms with Gasteiger partial charge in [0.15, 0.2) is 0 Å². The van der Waals surface area contributed by atoms with E-state index in [1.54, 1.807) is 13.8 Å². The number of aliphatic carboxylic acids is 1. The minimum Gasteiger partial charge on any atom is -0.480 e. The molecule has 0 heterocycles. The van der Waals surface area contributed by atoms with Crippen molar-refractivity contribution < 1.29 is 24.4 Å². The van der Waals surface area contributed by atoms with Crippen LogP contribution in [0.25, 0.3) is 0 Å². The van der Waals surface area contributed by atoms with Crippen LogP contribution in [-0.4, -0.2) is 40.4 Å². The molecule has 24 heavy (non-hydrogen) atoms. The van der Waals surface area contributed by atoms with Crippen LogP contribution in [0.2, 0.25) is 0 Å². The van der Waals surface area contributed by atoms with Crippen LogP contribution in [0, 0.1) is 16.0 Å². The van der Waals surface area contributed by atoms with Gasteiger partial charge in [-0.2, -0.15) is 0 Å². The smallest absolute Gasteiger partial charge is 0.326 e. The zero-order valence-electron chi connectivity index (χ0n) is 13.3. The highest BCUT2D eigenvalue weighted by molar-refractivity contribution is 5.94. The molecular weight excluding hydrogens is 318 g/mol. The minimum atomic E-state index is -1.12. The number of hydrogen-bond donors (Lipinski definition) is 3. The Balaban J connectivity index is 2.46. The summed E-state index contributed by atoms with van der Waals surface area (Å²) in [5, 5.41) is 24.4. The second-order valence-corrected chi connectivity index (χ2v) is 5.44. The van der Waals surface area contributed by atoms with Crippen molar-refractivity contribution >= 4 is 23.5 Å². The summed E-state index contributed by atoms with van der Waals surface area (Å²) >= 11 is 0. The average Bonchev–Trinajstić information content (AvgIpc) is 2.51. The fourth-order valence-electron chi connectivity index (χ4n) is 1.89. The van der Waals surface area contributed by atoms with Gasteiger partial charge in [-0.1, -0.05) is 13.8 Å². The van der Waals surface area contributed by atoms with Crippen LogP contribution in [0.15, 0.2) is 24.3 Å². The molecule has 1 aromatic carbocycles. The van der Waals surface area contributed by atoms with Crippen molar-refractivity contribution in [2.45, 2.75) is 26.3 Å². The Kier molecular flexibility index (Phi) is 6.84. The Hall–Kier alpha value is -2.97. The number of benzene rings is 1. The minimum absolute atomic E-state index is 0.0199. The number of nitrogens with one attached hydrogen (secondary N) is 2. The Labute approximate surface area is 138 Å². The van der Waals surface area contributed by atoms with Crippen molar-refractivity contribution in [3.8, 4) is 0 Å². The third-order valence-corrected chi connectivity index (χ3v) is 3.23. The predicted octanol–water partition coefficient (Wildman–Crippen LogP) is 0.940. The molecule has 0 spiro atoms. The Morgan fingerprint density at radius 2 is 1.79 bits per heavy atom. The first-order valence-electron chi connectivity index (χ1n) is 7.27. The third-order valence-electron chi connectivity index (χ3n) is 3.23. The van der Waals surface area contributed by atoms with Gasteiger partial charge in [0.2, 0.25) is 5.91 Å². The lowest BCUT2D eigenvalue weighted by molar-refractivity contribution is -0.384. The molecular formula is C15H19N3O6. The van der Waals surface area contributed by atoms with Crippen LogP contribution < -0.4 is 10.6 Å². The Morgan fingerprint density at radius 1 is 1.21 bits per heavy atom. The number of nitro benzene ring substituents is 1. The number of carbonyl (C=O) groups excluding carboxylic acids is 2. The topological polar surface area (TPSA) is 139 Å². The van der Waals surface area contributed by atoms with Gasteiger partial charge in [0, 0.05) is 30.7 Å². The highest BCUT2D eigenvalue weighted by atomic mass is 16.6. The van der Waals surface area contributed by atoms with E-state index in [1.807, 2.05) is 0 Å². The lowest BCUT2D eigenvalue weighted by Gasteiger charge is -2.17. The molecule has 0 saturated carbocycles. The van der Waals surface area contributed by atoms with Crippen LogP contribution in [0.4, 0.5) is 5.69 Å². The molecule has 0 bridgehead atoms. The van der Waals surface area contributed by atoms with Crippen molar-refractivity contribution in [3.05, 3.63) is 39.9 Å². The Morgan fingerprint density at radius 3 is 2.25 bits per heavy atom. The first-order chi connectivity index (χ1) is 11.2. The van der Waals surface area contributed by atoms with E-state index in [0.29, 0.717) is 0 Å². The molecule has 0 unspecified atom stereocenters. The van der Waals surface area contributed by atoms with Crippen LogP contribution in [0.5, 0.6) is 0 Å². The van der Waals surface area contributed by atoms with Gasteiger partial charge in [-0.3, -0.25) is 19.7 Å². The number of non-ortho nitro benzene ring substituents is 1. The summed E-state index contributed by atoms with van der Waals surface area (Å²) in [6.07, 6.45) is -0.0742. The summed E-state index contributed by atoms with van der Waals surface area (Å²) in [4.78, 5) is 44.5. The number of amides is 2. The SMILES string of the molecule is CC(C)[C@@H](NC(=O)CCNC(=O)c1ccc([N+](=O)[O-])cc1)C(=O)O. The van der Waals surface area contributed by atoms with Crippen LogP contribution in [-0.2, 0) is 9.59 Å². The van der Waals surface area contributed by atoms with Gasteiger partial charge >= 0.3 is 5.97 Å². The van der Waals surface area contributed by atoms with E-state index < -0.39 is 28.7 Å². The molecule has 0 fully saturated rings. The van der Waals surface area contributed by atoms with Crippen molar-refractivity contribution in [2.75, 3.05) is 6.54 Å². The number of nitrogens with zero attached hydrogens (tertiary/aromatic N) is 1. The van der Waals surface area contributed by atoms with Crippen LogP contribution in [0.1, 0.15) is 30.6 Å². The van der Waals surface area contributed by atoms with Crippen molar-refractivity contribution in [1.29, 1.82) is 0 Å². The molecule has 0 aromatic heterocycles. The molecule has 3 N–H and O–H groups in total. The van der Waals surface area contributed by atoms with E-state index in [2.05, 4.69) is 10.6 Å². The molecule has 0 aliphatic rings. The molecule has 1 rings (SSSR count). The molecule has 1 aromatic rings. The zero-order valence-corrected chi connectivity index (χ0v) is 13.3.